The summed E-state index contributed by atoms with van der Waals surface area (Å²) in [6.45, 7) is 2.44. The van der Waals surface area contributed by atoms with Crippen LogP contribution in [-0.2, 0) is 13.3 Å². The van der Waals surface area contributed by atoms with Gasteiger partial charge in [-0.3, -0.25) is 0 Å². The molecule has 5 nitrogen and oxygen atoms in total. The van der Waals surface area contributed by atoms with E-state index in [-0.39, 0.29) is 22.9 Å². The zero-order valence-electron chi connectivity index (χ0n) is 9.45. The highest BCUT2D eigenvalue weighted by atomic mass is 28.4. The van der Waals surface area contributed by atoms with Crippen LogP contribution in [0.3, 0.4) is 0 Å². The fraction of sp³-hybridized carbons (Fsp3) is 1.00. The van der Waals surface area contributed by atoms with Crippen LogP contribution in [0.2, 0.25) is 6.04 Å². The third-order valence-corrected chi connectivity index (χ3v) is 5.38. The van der Waals surface area contributed by atoms with Crippen LogP contribution in [0.1, 0.15) is 6.92 Å². The molecule has 0 amide bonds. The van der Waals surface area contributed by atoms with Crippen LogP contribution in [0.5, 0.6) is 0 Å². The summed E-state index contributed by atoms with van der Waals surface area (Å²) in [6.07, 6.45) is 0. The van der Waals surface area contributed by atoms with E-state index in [4.69, 9.17) is 24.7 Å². The Balaban J connectivity index is 0. The van der Waals surface area contributed by atoms with E-state index < -0.39 is 8.80 Å². The van der Waals surface area contributed by atoms with Gasteiger partial charge in [0.1, 0.15) is 0 Å². The van der Waals surface area contributed by atoms with Crippen molar-refractivity contribution < 1.29 is 13.3 Å². The number of nitrogens with two attached hydrogens (primary N) is 2. The maximum atomic E-state index is 5.79. The SMILES string of the molecule is CO[Si](CC(CN)C(C)N)(OC)OC.[SiH4]. The Morgan fingerprint density at radius 1 is 1.13 bits per heavy atom. The summed E-state index contributed by atoms with van der Waals surface area (Å²) in [7, 11) is 2.25. The third kappa shape index (κ3) is 5.20. The first kappa shape index (κ1) is 17.6. The van der Waals surface area contributed by atoms with E-state index in [1.54, 1.807) is 21.3 Å². The second kappa shape index (κ2) is 8.39. The minimum absolute atomic E-state index is 0. The predicted molar refractivity (Wildman–Crippen MR) is 69.1 cm³/mol. The molecule has 0 saturated carbocycles. The topological polar surface area (TPSA) is 79.7 Å². The van der Waals surface area contributed by atoms with Gasteiger partial charge in [-0.15, -0.1) is 0 Å². The Kier molecular flexibility index (Phi) is 9.86. The molecule has 0 fully saturated rings. The second-order valence-electron chi connectivity index (χ2n) is 3.35. The average Bonchev–Trinajstić information content (AvgIpc) is 2.20. The van der Waals surface area contributed by atoms with E-state index >= 15 is 0 Å². The summed E-state index contributed by atoms with van der Waals surface area (Å²) in [6, 6.07) is 0.678. The number of rotatable bonds is 7. The van der Waals surface area contributed by atoms with E-state index in [0.29, 0.717) is 12.6 Å². The van der Waals surface area contributed by atoms with Gasteiger partial charge < -0.3 is 24.7 Å². The van der Waals surface area contributed by atoms with Crippen LogP contribution < -0.4 is 11.5 Å². The molecule has 0 radical (unpaired) electrons. The first-order chi connectivity index (χ1) is 6.55. The molecule has 0 aromatic rings. The van der Waals surface area contributed by atoms with Crippen LogP contribution in [0.15, 0.2) is 0 Å². The summed E-state index contributed by atoms with van der Waals surface area (Å²) < 4.78 is 15.9. The standard InChI is InChI=1S/C8H22N2O3Si.H4Si/c1-7(10)8(5-9)6-14(11-2,12-3)13-4;/h7-8H,5-6,9-10H2,1-4H3;1H4. The molecule has 0 bridgehead atoms. The molecule has 0 rings (SSSR count). The summed E-state index contributed by atoms with van der Waals surface area (Å²) in [4.78, 5) is 0. The monoisotopic (exact) mass is 254 g/mol. The lowest BCUT2D eigenvalue weighted by Crippen LogP contribution is -2.48. The van der Waals surface area contributed by atoms with Crippen molar-refractivity contribution >= 4 is 19.8 Å². The van der Waals surface area contributed by atoms with Crippen molar-refractivity contribution in [3.05, 3.63) is 0 Å². The maximum absolute atomic E-state index is 5.79. The van der Waals surface area contributed by atoms with Gasteiger partial charge >= 0.3 is 8.80 Å². The quantitative estimate of drug-likeness (QED) is 0.531. The number of hydrogen-bond donors (Lipinski definition) is 2. The fourth-order valence-electron chi connectivity index (χ4n) is 1.30. The highest BCUT2D eigenvalue weighted by Crippen LogP contribution is 2.20. The fourth-order valence-corrected chi connectivity index (χ4v) is 3.49. The number of hydrogen-bond acceptors (Lipinski definition) is 5. The van der Waals surface area contributed by atoms with Crippen molar-refractivity contribution in [1.82, 2.24) is 0 Å². The molecule has 15 heavy (non-hydrogen) atoms. The Hall–Kier alpha value is 0.234. The van der Waals surface area contributed by atoms with E-state index in [9.17, 15) is 0 Å². The minimum atomic E-state index is -2.52. The van der Waals surface area contributed by atoms with Crippen molar-refractivity contribution in [3.63, 3.8) is 0 Å². The Labute approximate surface area is 97.8 Å². The van der Waals surface area contributed by atoms with Gasteiger partial charge in [-0.1, -0.05) is 0 Å². The highest BCUT2D eigenvalue weighted by Gasteiger charge is 2.40. The lowest BCUT2D eigenvalue weighted by atomic mass is 10.1. The van der Waals surface area contributed by atoms with Gasteiger partial charge in [-0.05, 0) is 30.4 Å². The normalized spacial score (nSPS) is 15.6. The molecule has 94 valence electrons. The van der Waals surface area contributed by atoms with Crippen molar-refractivity contribution in [2.75, 3.05) is 27.9 Å². The molecule has 0 aromatic heterocycles. The van der Waals surface area contributed by atoms with Gasteiger partial charge in [0.15, 0.2) is 0 Å². The van der Waals surface area contributed by atoms with Crippen molar-refractivity contribution in [3.8, 4) is 0 Å². The van der Waals surface area contributed by atoms with Crippen molar-refractivity contribution in [1.29, 1.82) is 0 Å². The van der Waals surface area contributed by atoms with Gasteiger partial charge in [0, 0.05) is 33.4 Å². The van der Waals surface area contributed by atoms with Gasteiger partial charge in [0.05, 0.1) is 0 Å². The lowest BCUT2D eigenvalue weighted by molar-refractivity contribution is 0.117. The smallest absolute Gasteiger partial charge is 0.377 e. The summed E-state index contributed by atoms with van der Waals surface area (Å²) in [5.74, 6) is 0.168. The van der Waals surface area contributed by atoms with Gasteiger partial charge in [0.2, 0.25) is 0 Å². The van der Waals surface area contributed by atoms with E-state index in [0.717, 1.165) is 0 Å². The first-order valence-electron chi connectivity index (χ1n) is 4.66. The molecule has 7 heteroatoms. The second-order valence-corrected chi connectivity index (χ2v) is 6.35. The van der Waals surface area contributed by atoms with Gasteiger partial charge in [-0.25, -0.2) is 0 Å². The van der Waals surface area contributed by atoms with Crippen LogP contribution in [0.4, 0.5) is 0 Å². The molecular formula is C8H26N2O3Si2. The largest absolute Gasteiger partial charge is 0.500 e. The molecule has 0 aliphatic heterocycles. The first-order valence-corrected chi connectivity index (χ1v) is 6.59. The molecule has 0 aliphatic rings. The predicted octanol–water partition coefficient (Wildman–Crippen LogP) is -1.66. The molecule has 2 unspecified atom stereocenters. The van der Waals surface area contributed by atoms with Gasteiger partial charge in [-0.2, -0.15) is 0 Å². The molecule has 0 heterocycles. The van der Waals surface area contributed by atoms with E-state index in [2.05, 4.69) is 0 Å². The third-order valence-electron chi connectivity index (χ3n) is 2.49. The zero-order valence-corrected chi connectivity index (χ0v) is 10.4. The van der Waals surface area contributed by atoms with Crippen LogP contribution in [0, 0.1) is 5.92 Å². The van der Waals surface area contributed by atoms with Crippen molar-refractivity contribution in [2.24, 2.45) is 17.4 Å². The van der Waals surface area contributed by atoms with Gasteiger partial charge in [0.25, 0.3) is 0 Å². The van der Waals surface area contributed by atoms with E-state index in [1.165, 1.54) is 0 Å². The maximum Gasteiger partial charge on any atom is 0.500 e. The van der Waals surface area contributed by atoms with E-state index in [1.807, 2.05) is 6.92 Å². The molecule has 0 saturated heterocycles. The van der Waals surface area contributed by atoms with Crippen molar-refractivity contribution in [2.45, 2.75) is 19.0 Å². The lowest BCUT2D eigenvalue weighted by Gasteiger charge is -2.29. The molecule has 0 spiro atoms. The molecular weight excluding hydrogens is 228 g/mol. The van der Waals surface area contributed by atoms with Crippen LogP contribution in [0.25, 0.3) is 0 Å². The summed E-state index contributed by atoms with van der Waals surface area (Å²) in [5.41, 5.74) is 11.4. The molecule has 0 aliphatic carbocycles. The molecule has 2 atom stereocenters. The summed E-state index contributed by atoms with van der Waals surface area (Å²) in [5, 5.41) is 0. The molecule has 4 N–H and O–H groups in total. The average molecular weight is 254 g/mol. The van der Waals surface area contributed by atoms with Crippen LogP contribution in [-0.4, -0.2) is 53.7 Å². The highest BCUT2D eigenvalue weighted by molar-refractivity contribution is 6.60. The zero-order chi connectivity index (χ0) is 11.2. The Morgan fingerprint density at radius 2 is 1.53 bits per heavy atom. The Bertz CT molecular complexity index is 149. The molecule has 0 aromatic carbocycles. The Morgan fingerprint density at radius 3 is 1.73 bits per heavy atom. The van der Waals surface area contributed by atoms with Crippen LogP contribution >= 0.6 is 0 Å². The minimum Gasteiger partial charge on any atom is -0.377 e. The summed E-state index contributed by atoms with van der Waals surface area (Å²) >= 11 is 0.